The van der Waals surface area contributed by atoms with E-state index in [2.05, 4.69) is 20.7 Å². The topological polar surface area (TPSA) is 102 Å². The van der Waals surface area contributed by atoms with Gasteiger partial charge in [0.15, 0.2) is 0 Å². The van der Waals surface area contributed by atoms with E-state index in [0.29, 0.717) is 23.0 Å². The molecule has 3 rings (SSSR count). The van der Waals surface area contributed by atoms with Crippen molar-refractivity contribution in [2.24, 2.45) is 7.05 Å². The van der Waals surface area contributed by atoms with E-state index < -0.39 is 11.8 Å². The van der Waals surface area contributed by atoms with Crippen LogP contribution in [0.15, 0.2) is 41.1 Å². The average molecular weight is 339 g/mol. The number of rotatable bonds is 3. The largest absolute Gasteiger partial charge is 0.445 e. The van der Waals surface area contributed by atoms with Gasteiger partial charge >= 0.3 is 11.8 Å². The lowest BCUT2D eigenvalue weighted by Gasteiger charge is -2.10. The van der Waals surface area contributed by atoms with Crippen molar-refractivity contribution >= 4 is 23.3 Å². The molecular weight excluding hydrogens is 322 g/mol. The van der Waals surface area contributed by atoms with E-state index in [1.54, 1.807) is 26.1 Å². The van der Waals surface area contributed by atoms with Gasteiger partial charge in [0.25, 0.3) is 0 Å². The lowest BCUT2D eigenvalue weighted by atomic mass is 10.1. The van der Waals surface area contributed by atoms with Crippen molar-refractivity contribution in [3.05, 3.63) is 48.0 Å². The number of anilines is 2. The van der Waals surface area contributed by atoms with Crippen molar-refractivity contribution in [3.8, 4) is 11.5 Å². The third kappa shape index (κ3) is 3.57. The standard InChI is InChI=1S/C17H17N5O3/c1-10-4-5-12(17-18-6-7-25-17)9-13(10)19-15(23)16(24)20-14-8-11(2)21-22(14)3/h4-9H,1-3H3,(H,19,23)(H,20,24). The van der Waals surface area contributed by atoms with Gasteiger partial charge in [-0.2, -0.15) is 5.10 Å². The predicted octanol–water partition coefficient (Wildman–Crippen LogP) is 2.27. The van der Waals surface area contributed by atoms with Crippen LogP contribution in [0, 0.1) is 13.8 Å². The normalized spacial score (nSPS) is 10.5. The molecule has 0 aliphatic carbocycles. The van der Waals surface area contributed by atoms with E-state index in [-0.39, 0.29) is 0 Å². The molecular formula is C17H17N5O3. The molecule has 0 unspecified atom stereocenters. The van der Waals surface area contributed by atoms with Crippen molar-refractivity contribution in [3.63, 3.8) is 0 Å². The Labute approximate surface area is 143 Å². The van der Waals surface area contributed by atoms with Crippen molar-refractivity contribution in [2.75, 3.05) is 10.6 Å². The molecule has 2 heterocycles. The summed E-state index contributed by atoms with van der Waals surface area (Å²) in [5, 5.41) is 9.25. The van der Waals surface area contributed by atoms with Crippen molar-refractivity contribution in [1.29, 1.82) is 0 Å². The molecule has 0 aliphatic rings. The Kier molecular flexibility index (Phi) is 4.34. The number of amides is 2. The monoisotopic (exact) mass is 339 g/mol. The number of nitrogens with one attached hydrogen (secondary N) is 2. The van der Waals surface area contributed by atoms with Gasteiger partial charge in [-0.05, 0) is 31.5 Å². The lowest BCUT2D eigenvalue weighted by molar-refractivity contribution is -0.133. The highest BCUT2D eigenvalue weighted by Crippen LogP contribution is 2.24. The van der Waals surface area contributed by atoms with E-state index in [1.807, 2.05) is 19.1 Å². The SMILES string of the molecule is Cc1cc(NC(=O)C(=O)Nc2cc(-c3ncco3)ccc2C)n(C)n1. The summed E-state index contributed by atoms with van der Waals surface area (Å²) in [5.41, 5.74) is 2.77. The van der Waals surface area contributed by atoms with Crippen LogP contribution < -0.4 is 10.6 Å². The fraction of sp³-hybridized carbons (Fsp3) is 0.176. The fourth-order valence-electron chi connectivity index (χ4n) is 2.34. The number of hydrogen-bond donors (Lipinski definition) is 2. The highest BCUT2D eigenvalue weighted by atomic mass is 16.3. The minimum Gasteiger partial charge on any atom is -0.445 e. The summed E-state index contributed by atoms with van der Waals surface area (Å²) in [5.74, 6) is -0.663. The first-order chi connectivity index (χ1) is 11.9. The molecule has 8 nitrogen and oxygen atoms in total. The molecule has 0 saturated heterocycles. The Balaban J connectivity index is 1.75. The molecule has 3 aromatic rings. The highest BCUT2D eigenvalue weighted by Gasteiger charge is 2.17. The first-order valence-corrected chi connectivity index (χ1v) is 7.57. The summed E-state index contributed by atoms with van der Waals surface area (Å²) in [6, 6.07) is 7.03. The second-order valence-corrected chi connectivity index (χ2v) is 5.57. The number of nitrogens with zero attached hydrogens (tertiary/aromatic N) is 3. The van der Waals surface area contributed by atoms with E-state index in [1.165, 1.54) is 17.1 Å². The van der Waals surface area contributed by atoms with E-state index in [9.17, 15) is 9.59 Å². The molecule has 0 fully saturated rings. The number of hydrogen-bond acceptors (Lipinski definition) is 5. The second-order valence-electron chi connectivity index (χ2n) is 5.57. The molecule has 128 valence electrons. The maximum atomic E-state index is 12.2. The Morgan fingerprint density at radius 3 is 2.52 bits per heavy atom. The van der Waals surface area contributed by atoms with E-state index >= 15 is 0 Å². The van der Waals surface area contributed by atoms with Crippen molar-refractivity contribution in [1.82, 2.24) is 14.8 Å². The molecule has 0 radical (unpaired) electrons. The fourth-order valence-corrected chi connectivity index (χ4v) is 2.34. The van der Waals surface area contributed by atoms with Gasteiger partial charge in [0, 0.05) is 24.4 Å². The summed E-state index contributed by atoms with van der Waals surface area (Å²) in [7, 11) is 1.69. The van der Waals surface area contributed by atoms with Crippen LogP contribution in [0.3, 0.4) is 0 Å². The maximum Gasteiger partial charge on any atom is 0.315 e. The van der Waals surface area contributed by atoms with Crippen LogP contribution in [0.2, 0.25) is 0 Å². The first-order valence-electron chi connectivity index (χ1n) is 7.57. The predicted molar refractivity (Wildman–Crippen MR) is 91.9 cm³/mol. The molecule has 1 aromatic carbocycles. The van der Waals surface area contributed by atoms with Gasteiger partial charge in [0.1, 0.15) is 12.1 Å². The number of oxazole rings is 1. The van der Waals surface area contributed by atoms with Crippen LogP contribution in [0.5, 0.6) is 0 Å². The summed E-state index contributed by atoms with van der Waals surface area (Å²) in [6.07, 6.45) is 3.01. The van der Waals surface area contributed by atoms with E-state index in [0.717, 1.165) is 11.3 Å². The number of carbonyl (C=O) groups is 2. The summed E-state index contributed by atoms with van der Waals surface area (Å²) < 4.78 is 6.74. The molecule has 8 heteroatoms. The van der Waals surface area contributed by atoms with Crippen molar-refractivity contribution in [2.45, 2.75) is 13.8 Å². The third-order valence-electron chi connectivity index (χ3n) is 3.61. The number of aryl methyl sites for hydroxylation is 3. The Bertz CT molecular complexity index is 928. The average Bonchev–Trinajstić information content (AvgIpc) is 3.19. The Hall–Kier alpha value is -3.42. The van der Waals surface area contributed by atoms with Gasteiger partial charge in [0.05, 0.1) is 11.9 Å². The van der Waals surface area contributed by atoms with Crippen molar-refractivity contribution < 1.29 is 14.0 Å². The molecule has 2 aromatic heterocycles. The van der Waals surface area contributed by atoms with Gasteiger partial charge in [-0.15, -0.1) is 0 Å². The van der Waals surface area contributed by atoms with Crippen LogP contribution in [0.25, 0.3) is 11.5 Å². The second kappa shape index (κ2) is 6.60. The first kappa shape index (κ1) is 16.4. The number of aromatic nitrogens is 3. The van der Waals surface area contributed by atoms with Gasteiger partial charge in [-0.25, -0.2) is 4.98 Å². The summed E-state index contributed by atoms with van der Waals surface area (Å²) in [4.78, 5) is 28.4. The molecule has 2 amide bonds. The van der Waals surface area contributed by atoms with Gasteiger partial charge < -0.3 is 15.1 Å². The molecule has 25 heavy (non-hydrogen) atoms. The van der Waals surface area contributed by atoms with Gasteiger partial charge in [-0.3, -0.25) is 14.3 Å². The van der Waals surface area contributed by atoms with Crippen LogP contribution >= 0.6 is 0 Å². The zero-order chi connectivity index (χ0) is 18.0. The van der Waals surface area contributed by atoms with Gasteiger partial charge in [0.2, 0.25) is 5.89 Å². The zero-order valence-electron chi connectivity index (χ0n) is 14.0. The minimum atomic E-state index is -0.774. The minimum absolute atomic E-state index is 0.435. The Morgan fingerprint density at radius 2 is 1.88 bits per heavy atom. The van der Waals surface area contributed by atoms with Crippen LogP contribution in [0.1, 0.15) is 11.3 Å². The van der Waals surface area contributed by atoms with Crippen LogP contribution in [0.4, 0.5) is 11.5 Å². The zero-order valence-corrected chi connectivity index (χ0v) is 14.0. The summed E-state index contributed by atoms with van der Waals surface area (Å²) in [6.45, 7) is 3.63. The van der Waals surface area contributed by atoms with Crippen LogP contribution in [-0.4, -0.2) is 26.6 Å². The molecule has 0 bridgehead atoms. The molecule has 0 spiro atoms. The molecule has 0 aliphatic heterocycles. The smallest absolute Gasteiger partial charge is 0.315 e. The highest BCUT2D eigenvalue weighted by molar-refractivity contribution is 6.43. The lowest BCUT2D eigenvalue weighted by Crippen LogP contribution is -2.30. The Morgan fingerprint density at radius 1 is 1.12 bits per heavy atom. The molecule has 0 saturated carbocycles. The number of benzene rings is 1. The third-order valence-corrected chi connectivity index (χ3v) is 3.61. The molecule has 0 atom stereocenters. The van der Waals surface area contributed by atoms with Crippen LogP contribution in [-0.2, 0) is 16.6 Å². The van der Waals surface area contributed by atoms with Gasteiger partial charge in [-0.1, -0.05) is 6.07 Å². The molecule has 2 N–H and O–H groups in total. The number of carbonyl (C=O) groups excluding carboxylic acids is 2. The maximum absolute atomic E-state index is 12.2. The summed E-state index contributed by atoms with van der Waals surface area (Å²) >= 11 is 0. The van der Waals surface area contributed by atoms with E-state index in [4.69, 9.17) is 4.42 Å². The quantitative estimate of drug-likeness (QED) is 0.713.